The van der Waals surface area contributed by atoms with Gasteiger partial charge in [-0.1, -0.05) is 18.2 Å². The average Bonchev–Trinajstić information content (AvgIpc) is 2.80. The lowest BCUT2D eigenvalue weighted by Crippen LogP contribution is -2.35. The number of fused-ring (bicyclic) bond motifs is 1. The molecule has 4 heteroatoms. The quantitative estimate of drug-likeness (QED) is 0.670. The molecule has 0 amide bonds. The Kier molecular flexibility index (Phi) is 5.45. The fraction of sp³-hybridized carbons (Fsp3) is 0.571. The molecule has 1 atom stereocenters. The van der Waals surface area contributed by atoms with E-state index in [0.717, 1.165) is 45.0 Å². The van der Waals surface area contributed by atoms with Crippen LogP contribution in [0.3, 0.4) is 0 Å². The number of benzene rings is 1. The van der Waals surface area contributed by atoms with Gasteiger partial charge in [-0.2, -0.15) is 0 Å². The van der Waals surface area contributed by atoms with Gasteiger partial charge in [-0.3, -0.25) is 0 Å². The minimum Gasteiger partial charge on any atom is -0.488 e. The number of nitrogens with one attached hydrogen (secondary N) is 2. The highest BCUT2D eigenvalue weighted by Crippen LogP contribution is 2.27. The third-order valence-corrected chi connectivity index (χ3v) is 3.05. The second kappa shape index (κ2) is 7.36. The van der Waals surface area contributed by atoms with E-state index in [1.165, 1.54) is 5.56 Å². The molecule has 0 aliphatic carbocycles. The summed E-state index contributed by atoms with van der Waals surface area (Å²) in [4.78, 5) is 0. The van der Waals surface area contributed by atoms with E-state index in [1.807, 2.05) is 12.1 Å². The minimum atomic E-state index is 0.279. The molecule has 100 valence electrons. The van der Waals surface area contributed by atoms with Gasteiger partial charge in [-0.25, -0.2) is 0 Å². The standard InChI is InChI=1S/C14H22N2O2/c1-17-9-8-15-6-7-16-11-13-10-12-4-2-3-5-14(12)18-13/h2-5,13,15-16H,6-11H2,1H3. The van der Waals surface area contributed by atoms with Gasteiger partial charge in [0.1, 0.15) is 11.9 Å². The monoisotopic (exact) mass is 250 g/mol. The van der Waals surface area contributed by atoms with Crippen LogP contribution in [-0.4, -0.2) is 46.0 Å². The van der Waals surface area contributed by atoms with Crippen molar-refractivity contribution in [3.63, 3.8) is 0 Å². The Morgan fingerprint density at radius 2 is 2.06 bits per heavy atom. The van der Waals surface area contributed by atoms with Gasteiger partial charge in [0.15, 0.2) is 0 Å². The molecule has 1 unspecified atom stereocenters. The molecule has 4 nitrogen and oxygen atoms in total. The zero-order valence-electron chi connectivity index (χ0n) is 10.9. The van der Waals surface area contributed by atoms with E-state index in [4.69, 9.17) is 9.47 Å². The first-order chi connectivity index (χ1) is 8.90. The summed E-state index contributed by atoms with van der Waals surface area (Å²) in [6, 6.07) is 8.27. The summed E-state index contributed by atoms with van der Waals surface area (Å²) in [7, 11) is 1.72. The predicted octanol–water partition coefficient (Wildman–Crippen LogP) is 0.816. The Morgan fingerprint density at radius 3 is 2.89 bits per heavy atom. The van der Waals surface area contributed by atoms with Crippen molar-refractivity contribution in [2.75, 3.05) is 39.9 Å². The maximum atomic E-state index is 5.85. The summed E-state index contributed by atoms with van der Waals surface area (Å²) in [5.74, 6) is 1.04. The molecule has 0 fully saturated rings. The van der Waals surface area contributed by atoms with Crippen molar-refractivity contribution in [1.82, 2.24) is 10.6 Å². The van der Waals surface area contributed by atoms with Gasteiger partial charge in [0.2, 0.25) is 0 Å². The molecule has 0 spiro atoms. The minimum absolute atomic E-state index is 0.279. The van der Waals surface area contributed by atoms with Crippen molar-refractivity contribution in [3.05, 3.63) is 29.8 Å². The Morgan fingerprint density at radius 1 is 1.22 bits per heavy atom. The summed E-state index contributed by atoms with van der Waals surface area (Å²) in [5.41, 5.74) is 1.32. The van der Waals surface area contributed by atoms with E-state index in [2.05, 4.69) is 22.8 Å². The van der Waals surface area contributed by atoms with Crippen LogP contribution in [0, 0.1) is 0 Å². The van der Waals surface area contributed by atoms with Gasteiger partial charge in [-0.05, 0) is 11.6 Å². The molecule has 2 N–H and O–H groups in total. The van der Waals surface area contributed by atoms with Crippen molar-refractivity contribution in [1.29, 1.82) is 0 Å². The van der Waals surface area contributed by atoms with Crippen LogP contribution in [0.2, 0.25) is 0 Å². The first kappa shape index (κ1) is 13.3. The fourth-order valence-electron chi connectivity index (χ4n) is 2.11. The zero-order valence-corrected chi connectivity index (χ0v) is 10.9. The van der Waals surface area contributed by atoms with Crippen molar-refractivity contribution in [3.8, 4) is 5.75 Å². The lowest BCUT2D eigenvalue weighted by atomic mass is 10.1. The van der Waals surface area contributed by atoms with Crippen molar-refractivity contribution >= 4 is 0 Å². The highest BCUT2D eigenvalue weighted by Gasteiger charge is 2.21. The first-order valence-electron chi connectivity index (χ1n) is 6.55. The molecule has 2 rings (SSSR count). The van der Waals surface area contributed by atoms with Gasteiger partial charge >= 0.3 is 0 Å². The summed E-state index contributed by atoms with van der Waals surface area (Å²) in [6.07, 6.45) is 1.29. The maximum Gasteiger partial charge on any atom is 0.123 e. The number of hydrogen-bond acceptors (Lipinski definition) is 4. The fourth-order valence-corrected chi connectivity index (χ4v) is 2.11. The second-order valence-electron chi connectivity index (χ2n) is 4.50. The van der Waals surface area contributed by atoms with E-state index in [-0.39, 0.29) is 6.10 Å². The van der Waals surface area contributed by atoms with Gasteiger partial charge in [-0.15, -0.1) is 0 Å². The number of para-hydroxylation sites is 1. The van der Waals surface area contributed by atoms with Crippen molar-refractivity contribution < 1.29 is 9.47 Å². The summed E-state index contributed by atoms with van der Waals surface area (Å²) < 4.78 is 10.8. The smallest absolute Gasteiger partial charge is 0.123 e. The Bertz CT molecular complexity index is 332. The molecular weight excluding hydrogens is 228 g/mol. The van der Waals surface area contributed by atoms with Crippen molar-refractivity contribution in [2.24, 2.45) is 0 Å². The molecule has 0 saturated heterocycles. The molecule has 1 heterocycles. The van der Waals surface area contributed by atoms with Crippen LogP contribution in [0.15, 0.2) is 24.3 Å². The topological polar surface area (TPSA) is 42.5 Å². The van der Waals surface area contributed by atoms with Gasteiger partial charge in [0.05, 0.1) is 6.61 Å². The number of rotatable bonds is 8. The first-order valence-corrected chi connectivity index (χ1v) is 6.55. The van der Waals surface area contributed by atoms with Crippen LogP contribution in [0.25, 0.3) is 0 Å². The normalized spacial score (nSPS) is 17.5. The van der Waals surface area contributed by atoms with Crippen molar-refractivity contribution in [2.45, 2.75) is 12.5 Å². The Labute approximate surface area is 109 Å². The van der Waals surface area contributed by atoms with Gasteiger partial charge in [0.25, 0.3) is 0 Å². The summed E-state index contributed by atoms with van der Waals surface area (Å²) >= 11 is 0. The molecule has 0 saturated carbocycles. The Balaban J connectivity index is 1.54. The summed E-state index contributed by atoms with van der Waals surface area (Å²) in [6.45, 7) is 4.49. The van der Waals surface area contributed by atoms with Crippen LogP contribution >= 0.6 is 0 Å². The number of methoxy groups -OCH3 is 1. The molecular formula is C14H22N2O2. The van der Waals surface area contributed by atoms with Crippen LogP contribution in [0.4, 0.5) is 0 Å². The third kappa shape index (κ3) is 3.98. The van der Waals surface area contributed by atoms with Crippen LogP contribution in [-0.2, 0) is 11.2 Å². The van der Waals surface area contributed by atoms with E-state index < -0.39 is 0 Å². The van der Waals surface area contributed by atoms with E-state index >= 15 is 0 Å². The van der Waals surface area contributed by atoms with Crippen LogP contribution in [0.1, 0.15) is 5.56 Å². The molecule has 1 aromatic carbocycles. The number of ether oxygens (including phenoxy) is 2. The molecule has 0 aromatic heterocycles. The van der Waals surface area contributed by atoms with E-state index in [9.17, 15) is 0 Å². The molecule has 0 radical (unpaired) electrons. The SMILES string of the molecule is COCCNCCNCC1Cc2ccccc2O1. The number of hydrogen-bond donors (Lipinski definition) is 2. The highest BCUT2D eigenvalue weighted by molar-refractivity contribution is 5.37. The second-order valence-corrected chi connectivity index (χ2v) is 4.50. The van der Waals surface area contributed by atoms with E-state index in [1.54, 1.807) is 7.11 Å². The maximum absolute atomic E-state index is 5.85. The van der Waals surface area contributed by atoms with Crippen LogP contribution in [0.5, 0.6) is 5.75 Å². The molecule has 0 bridgehead atoms. The lowest BCUT2D eigenvalue weighted by molar-refractivity contribution is 0.199. The summed E-state index contributed by atoms with van der Waals surface area (Å²) in [5, 5.41) is 6.71. The van der Waals surface area contributed by atoms with Crippen LogP contribution < -0.4 is 15.4 Å². The highest BCUT2D eigenvalue weighted by atomic mass is 16.5. The predicted molar refractivity (Wildman–Crippen MR) is 72.2 cm³/mol. The lowest BCUT2D eigenvalue weighted by Gasteiger charge is -2.12. The molecule has 18 heavy (non-hydrogen) atoms. The molecule has 1 aromatic rings. The van der Waals surface area contributed by atoms with Gasteiger partial charge in [0, 0.05) is 39.7 Å². The third-order valence-electron chi connectivity index (χ3n) is 3.05. The molecule has 1 aliphatic rings. The molecule has 1 aliphatic heterocycles. The zero-order chi connectivity index (χ0) is 12.6. The van der Waals surface area contributed by atoms with E-state index in [0.29, 0.717) is 0 Å². The average molecular weight is 250 g/mol. The Hall–Kier alpha value is -1.10. The largest absolute Gasteiger partial charge is 0.488 e. The van der Waals surface area contributed by atoms with Gasteiger partial charge < -0.3 is 20.1 Å².